The van der Waals surface area contributed by atoms with Crippen LogP contribution in [0.4, 0.5) is 5.13 Å². The Kier molecular flexibility index (Phi) is 8.89. The van der Waals surface area contributed by atoms with Crippen molar-refractivity contribution in [2.24, 2.45) is 0 Å². The summed E-state index contributed by atoms with van der Waals surface area (Å²) in [5.41, 5.74) is 0.739. The van der Waals surface area contributed by atoms with Crippen molar-refractivity contribution in [1.29, 1.82) is 0 Å². The molecule has 9 nitrogen and oxygen atoms in total. The molecule has 176 valence electrons. The average molecular weight is 484 g/mol. The molecular weight excluding hydrogens is 454 g/mol. The third-order valence-electron chi connectivity index (χ3n) is 5.24. The SMILES string of the molecule is CCCCOC1CN(c2ncc(C(=O)OCC)s2)CCC1NC(=O)c1nc(Cl)c(CC)[nH]1. The van der Waals surface area contributed by atoms with Crippen LogP contribution in [0.3, 0.4) is 0 Å². The normalized spacial score (nSPS) is 18.6. The molecule has 0 radical (unpaired) electrons. The van der Waals surface area contributed by atoms with Gasteiger partial charge >= 0.3 is 5.97 Å². The van der Waals surface area contributed by atoms with Crippen molar-refractivity contribution in [1.82, 2.24) is 20.3 Å². The van der Waals surface area contributed by atoms with E-state index in [-0.39, 0.29) is 29.8 Å². The molecule has 0 aliphatic carbocycles. The number of ether oxygens (including phenoxy) is 2. The van der Waals surface area contributed by atoms with E-state index in [2.05, 4.69) is 32.1 Å². The van der Waals surface area contributed by atoms with Gasteiger partial charge in [0.1, 0.15) is 4.88 Å². The molecule has 2 atom stereocenters. The Morgan fingerprint density at radius 1 is 1.38 bits per heavy atom. The van der Waals surface area contributed by atoms with Crippen molar-refractivity contribution in [2.45, 2.75) is 58.6 Å². The molecule has 0 spiro atoms. The van der Waals surface area contributed by atoms with Crippen molar-refractivity contribution in [3.63, 3.8) is 0 Å². The van der Waals surface area contributed by atoms with Gasteiger partial charge in [0, 0.05) is 19.7 Å². The molecule has 2 aromatic heterocycles. The van der Waals surface area contributed by atoms with Gasteiger partial charge in [-0.15, -0.1) is 0 Å². The fourth-order valence-corrected chi connectivity index (χ4v) is 4.59. The van der Waals surface area contributed by atoms with Crippen LogP contribution in [0.2, 0.25) is 5.15 Å². The van der Waals surface area contributed by atoms with Crippen molar-refractivity contribution in [3.8, 4) is 0 Å². The number of aromatic amines is 1. The average Bonchev–Trinajstić information content (AvgIpc) is 3.42. The van der Waals surface area contributed by atoms with Crippen LogP contribution in [0.5, 0.6) is 0 Å². The van der Waals surface area contributed by atoms with Gasteiger partial charge in [0.2, 0.25) is 0 Å². The van der Waals surface area contributed by atoms with Crippen LogP contribution >= 0.6 is 22.9 Å². The molecule has 2 N–H and O–H groups in total. The number of aryl methyl sites for hydroxylation is 1. The van der Waals surface area contributed by atoms with Gasteiger partial charge in [-0.25, -0.2) is 14.8 Å². The first-order valence-corrected chi connectivity index (χ1v) is 12.2. The molecule has 3 rings (SSSR count). The lowest BCUT2D eigenvalue weighted by molar-refractivity contribution is 0.0187. The lowest BCUT2D eigenvalue weighted by atomic mass is 10.0. The first kappa shape index (κ1) is 24.5. The predicted molar refractivity (Wildman–Crippen MR) is 124 cm³/mol. The van der Waals surface area contributed by atoms with Gasteiger partial charge in [-0.05, 0) is 26.2 Å². The summed E-state index contributed by atoms with van der Waals surface area (Å²) in [6.07, 6.45) is 4.63. The summed E-state index contributed by atoms with van der Waals surface area (Å²) >= 11 is 7.39. The zero-order valence-corrected chi connectivity index (χ0v) is 20.2. The third kappa shape index (κ3) is 5.99. The topological polar surface area (TPSA) is 109 Å². The molecule has 0 bridgehead atoms. The molecule has 2 unspecified atom stereocenters. The Bertz CT molecular complexity index is 918. The standard InChI is InChI=1S/C21H30ClN5O4S/c1-4-7-10-31-15-12-27(21-23-11-16(32-21)20(29)30-6-3)9-8-14(15)25-19(28)18-24-13(5-2)17(22)26-18/h11,14-15H,4-10,12H2,1-3H3,(H,24,26)(H,25,28). The van der Waals surface area contributed by atoms with Gasteiger partial charge in [-0.2, -0.15) is 0 Å². The number of rotatable bonds is 10. The monoisotopic (exact) mass is 483 g/mol. The van der Waals surface area contributed by atoms with Gasteiger partial charge in [-0.1, -0.05) is 43.2 Å². The van der Waals surface area contributed by atoms with E-state index < -0.39 is 0 Å². The Morgan fingerprint density at radius 3 is 2.88 bits per heavy atom. The minimum atomic E-state index is -0.363. The van der Waals surface area contributed by atoms with Crippen LogP contribution < -0.4 is 10.2 Å². The van der Waals surface area contributed by atoms with Crippen LogP contribution in [0.1, 0.15) is 66.0 Å². The highest BCUT2D eigenvalue weighted by molar-refractivity contribution is 7.17. The summed E-state index contributed by atoms with van der Waals surface area (Å²) in [5, 5.41) is 4.12. The molecule has 1 fully saturated rings. The second-order valence-corrected chi connectivity index (χ2v) is 8.88. The quantitative estimate of drug-likeness (QED) is 0.393. The maximum Gasteiger partial charge on any atom is 0.350 e. The Labute approximate surface area is 196 Å². The van der Waals surface area contributed by atoms with E-state index in [1.54, 1.807) is 13.1 Å². The molecule has 11 heteroatoms. The molecule has 3 heterocycles. The number of carbonyl (C=O) groups is 2. The van der Waals surface area contributed by atoms with Gasteiger partial charge < -0.3 is 24.7 Å². The highest BCUT2D eigenvalue weighted by Crippen LogP contribution is 2.27. The van der Waals surface area contributed by atoms with Crippen molar-refractivity contribution in [3.05, 3.63) is 27.7 Å². The second-order valence-electron chi connectivity index (χ2n) is 7.51. The molecule has 32 heavy (non-hydrogen) atoms. The van der Waals surface area contributed by atoms with Gasteiger partial charge in [0.15, 0.2) is 16.1 Å². The number of carbonyl (C=O) groups excluding carboxylic acids is 2. The number of H-pyrrole nitrogens is 1. The minimum absolute atomic E-state index is 0.172. The Morgan fingerprint density at radius 2 is 2.19 bits per heavy atom. The van der Waals surface area contributed by atoms with Gasteiger partial charge in [0.05, 0.1) is 30.6 Å². The number of unbranched alkanes of at least 4 members (excludes halogenated alkanes) is 1. The largest absolute Gasteiger partial charge is 0.462 e. The van der Waals surface area contributed by atoms with Gasteiger partial charge in [-0.3, -0.25) is 4.79 Å². The lowest BCUT2D eigenvalue weighted by Gasteiger charge is -2.38. The number of halogens is 1. The zero-order chi connectivity index (χ0) is 23.1. The van der Waals surface area contributed by atoms with Crippen LogP contribution in [-0.4, -0.2) is 65.3 Å². The number of nitrogens with zero attached hydrogens (tertiary/aromatic N) is 3. The number of aromatic nitrogens is 3. The highest BCUT2D eigenvalue weighted by Gasteiger charge is 2.33. The maximum absolute atomic E-state index is 12.8. The molecule has 1 saturated heterocycles. The van der Waals surface area contributed by atoms with Gasteiger partial charge in [0.25, 0.3) is 5.91 Å². The van der Waals surface area contributed by atoms with Crippen molar-refractivity contribution < 1.29 is 19.1 Å². The highest BCUT2D eigenvalue weighted by atomic mass is 35.5. The number of thiazole rings is 1. The number of hydrogen-bond acceptors (Lipinski definition) is 8. The number of hydrogen-bond donors (Lipinski definition) is 2. The molecule has 2 aromatic rings. The minimum Gasteiger partial charge on any atom is -0.462 e. The number of anilines is 1. The molecule has 1 aliphatic heterocycles. The number of amides is 1. The van der Waals surface area contributed by atoms with E-state index >= 15 is 0 Å². The lowest BCUT2D eigenvalue weighted by Crippen LogP contribution is -2.55. The van der Waals surface area contributed by atoms with E-state index in [9.17, 15) is 9.59 Å². The van der Waals surface area contributed by atoms with Crippen molar-refractivity contribution >= 4 is 39.9 Å². The number of esters is 1. The fraction of sp³-hybridized carbons (Fsp3) is 0.619. The van der Waals surface area contributed by atoms with Crippen LogP contribution in [0.25, 0.3) is 0 Å². The zero-order valence-electron chi connectivity index (χ0n) is 18.6. The Balaban J connectivity index is 1.68. The maximum atomic E-state index is 12.8. The number of imidazole rings is 1. The number of piperidine rings is 1. The second kappa shape index (κ2) is 11.6. The smallest absolute Gasteiger partial charge is 0.350 e. The molecular formula is C21H30ClN5O4S. The molecule has 0 saturated carbocycles. The van der Waals surface area contributed by atoms with Crippen LogP contribution in [-0.2, 0) is 15.9 Å². The first-order valence-electron chi connectivity index (χ1n) is 11.0. The fourth-order valence-electron chi connectivity index (χ4n) is 3.48. The molecule has 1 amide bonds. The van der Waals surface area contributed by atoms with Crippen molar-refractivity contribution in [2.75, 3.05) is 31.2 Å². The summed E-state index contributed by atoms with van der Waals surface area (Å²) < 4.78 is 11.2. The number of nitrogens with one attached hydrogen (secondary N) is 2. The summed E-state index contributed by atoms with van der Waals surface area (Å²) in [4.78, 5) is 38.8. The first-order chi connectivity index (χ1) is 15.5. The molecule has 0 aromatic carbocycles. The predicted octanol–water partition coefficient (Wildman–Crippen LogP) is 3.45. The van der Waals surface area contributed by atoms with Crippen LogP contribution in [0.15, 0.2) is 6.20 Å². The summed E-state index contributed by atoms with van der Waals surface area (Å²) in [6.45, 7) is 7.99. The van der Waals surface area contributed by atoms with E-state index in [0.29, 0.717) is 49.2 Å². The summed E-state index contributed by atoms with van der Waals surface area (Å²) in [6, 6.07) is -0.172. The van der Waals surface area contributed by atoms with E-state index in [1.165, 1.54) is 11.3 Å². The summed E-state index contributed by atoms with van der Waals surface area (Å²) in [7, 11) is 0. The summed E-state index contributed by atoms with van der Waals surface area (Å²) in [5.74, 6) is -0.453. The van der Waals surface area contributed by atoms with E-state index in [0.717, 1.165) is 23.7 Å². The van der Waals surface area contributed by atoms with Crippen LogP contribution in [0, 0.1) is 0 Å². The molecule has 1 aliphatic rings. The Hall–Kier alpha value is -2.17. The van der Waals surface area contributed by atoms with E-state index in [1.807, 2.05) is 6.92 Å². The third-order valence-corrected chi connectivity index (χ3v) is 6.59. The van der Waals surface area contributed by atoms with E-state index in [4.69, 9.17) is 21.1 Å².